The van der Waals surface area contributed by atoms with Gasteiger partial charge in [0.25, 0.3) is 0 Å². The van der Waals surface area contributed by atoms with Crippen molar-refractivity contribution in [2.45, 2.75) is 13.5 Å². The average molecular weight is 421 g/mol. The minimum absolute atomic E-state index is 0.232. The molecule has 0 atom stereocenters. The molecule has 0 saturated carbocycles. The van der Waals surface area contributed by atoms with E-state index >= 15 is 0 Å². The van der Waals surface area contributed by atoms with E-state index in [0.717, 1.165) is 44.8 Å². The first-order valence-electron chi connectivity index (χ1n) is 10.3. The second-order valence-corrected chi connectivity index (χ2v) is 7.52. The van der Waals surface area contributed by atoms with Crippen LogP contribution >= 0.6 is 0 Å². The minimum atomic E-state index is -0.232. The molecule has 0 aliphatic carbocycles. The molecule has 5 aromatic rings. The molecule has 0 aliphatic heterocycles. The Balaban J connectivity index is 1.59. The third-order valence-electron chi connectivity index (χ3n) is 5.30. The molecule has 0 amide bonds. The zero-order valence-electron chi connectivity index (χ0n) is 17.5. The van der Waals surface area contributed by atoms with Gasteiger partial charge in [-0.05, 0) is 66.6 Å². The van der Waals surface area contributed by atoms with Crippen molar-refractivity contribution in [3.8, 4) is 22.4 Å². The lowest BCUT2D eigenvalue weighted by Gasteiger charge is -2.14. The molecule has 5 nitrogen and oxygen atoms in total. The largest absolute Gasteiger partial charge is 0.378 e. The molecule has 32 heavy (non-hydrogen) atoms. The van der Waals surface area contributed by atoms with Crippen LogP contribution in [0, 0.1) is 12.7 Å². The highest BCUT2D eigenvalue weighted by molar-refractivity contribution is 5.88. The van der Waals surface area contributed by atoms with Crippen molar-refractivity contribution in [3.05, 3.63) is 103 Å². The molecule has 0 fully saturated rings. The number of rotatable bonds is 5. The first-order chi connectivity index (χ1) is 15.7. The number of nitrogens with one attached hydrogen (secondary N) is 1. The van der Waals surface area contributed by atoms with E-state index in [1.165, 1.54) is 6.07 Å². The number of halogens is 1. The van der Waals surface area contributed by atoms with E-state index in [1.807, 2.05) is 42.5 Å². The van der Waals surface area contributed by atoms with Gasteiger partial charge >= 0.3 is 0 Å². The molecule has 0 unspecified atom stereocenters. The van der Waals surface area contributed by atoms with Crippen molar-refractivity contribution < 1.29 is 4.39 Å². The standard InChI is InChI=1S/C26H20FN5/c1-17-12-19(5-7-23(17)27)26-22(18-6-8-24-25(13-18)30-11-10-29-24)14-21(16-32-26)31-15-20-4-2-3-9-28-20/h2-14,16,31H,15H2,1H3. The third kappa shape index (κ3) is 4.03. The van der Waals surface area contributed by atoms with Crippen LogP contribution in [0.3, 0.4) is 0 Å². The van der Waals surface area contributed by atoms with Gasteiger partial charge in [-0.2, -0.15) is 0 Å². The molecule has 0 spiro atoms. The summed E-state index contributed by atoms with van der Waals surface area (Å²) in [7, 11) is 0. The molecule has 2 aromatic carbocycles. The second kappa shape index (κ2) is 8.51. The Bertz CT molecular complexity index is 1400. The predicted octanol–water partition coefficient (Wildman–Crippen LogP) is 5.81. The fourth-order valence-electron chi connectivity index (χ4n) is 3.63. The van der Waals surface area contributed by atoms with Crippen molar-refractivity contribution in [3.63, 3.8) is 0 Å². The van der Waals surface area contributed by atoms with Gasteiger partial charge in [-0.3, -0.25) is 19.9 Å². The molecule has 156 valence electrons. The molecule has 0 radical (unpaired) electrons. The summed E-state index contributed by atoms with van der Waals surface area (Å²) in [5, 5.41) is 3.39. The zero-order valence-corrected chi connectivity index (χ0v) is 17.5. The number of benzene rings is 2. The number of pyridine rings is 2. The summed E-state index contributed by atoms with van der Waals surface area (Å²) in [6.07, 6.45) is 6.93. The lowest BCUT2D eigenvalue weighted by atomic mass is 9.97. The molecule has 0 bridgehead atoms. The molecule has 3 aromatic heterocycles. The molecule has 5 rings (SSSR count). The summed E-state index contributed by atoms with van der Waals surface area (Å²) in [6, 6.07) is 18.9. The second-order valence-electron chi connectivity index (χ2n) is 7.52. The predicted molar refractivity (Wildman–Crippen MR) is 124 cm³/mol. The van der Waals surface area contributed by atoms with Gasteiger partial charge in [0.15, 0.2) is 0 Å². The van der Waals surface area contributed by atoms with Crippen LogP contribution < -0.4 is 5.32 Å². The molecule has 0 aliphatic rings. The zero-order chi connectivity index (χ0) is 21.9. The summed E-state index contributed by atoms with van der Waals surface area (Å²) in [5.41, 5.74) is 7.54. The fourth-order valence-corrected chi connectivity index (χ4v) is 3.63. The van der Waals surface area contributed by atoms with E-state index in [4.69, 9.17) is 4.98 Å². The van der Waals surface area contributed by atoms with Crippen molar-refractivity contribution in [1.82, 2.24) is 19.9 Å². The maximum Gasteiger partial charge on any atom is 0.126 e. The Morgan fingerprint density at radius 2 is 1.62 bits per heavy atom. The van der Waals surface area contributed by atoms with Crippen LogP contribution in [0.4, 0.5) is 10.1 Å². The average Bonchev–Trinajstić information content (AvgIpc) is 2.85. The van der Waals surface area contributed by atoms with Crippen LogP contribution in [0.1, 0.15) is 11.3 Å². The van der Waals surface area contributed by atoms with Gasteiger partial charge < -0.3 is 5.32 Å². The van der Waals surface area contributed by atoms with Gasteiger partial charge in [0.1, 0.15) is 5.82 Å². The Hall–Kier alpha value is -4.19. The van der Waals surface area contributed by atoms with Crippen LogP contribution in [0.15, 0.2) is 85.5 Å². The van der Waals surface area contributed by atoms with Crippen molar-refractivity contribution in [1.29, 1.82) is 0 Å². The number of nitrogens with zero attached hydrogens (tertiary/aromatic N) is 4. The van der Waals surface area contributed by atoms with Gasteiger partial charge in [-0.15, -0.1) is 0 Å². The maximum absolute atomic E-state index is 13.9. The minimum Gasteiger partial charge on any atom is -0.378 e. The lowest BCUT2D eigenvalue weighted by molar-refractivity contribution is 0.619. The number of aromatic nitrogens is 4. The van der Waals surface area contributed by atoms with Crippen molar-refractivity contribution in [2.24, 2.45) is 0 Å². The topological polar surface area (TPSA) is 63.6 Å². The van der Waals surface area contributed by atoms with E-state index in [-0.39, 0.29) is 5.82 Å². The molecule has 3 heterocycles. The Morgan fingerprint density at radius 1 is 0.781 bits per heavy atom. The highest BCUT2D eigenvalue weighted by atomic mass is 19.1. The molecular weight excluding hydrogens is 401 g/mol. The van der Waals surface area contributed by atoms with Crippen LogP contribution in [0.25, 0.3) is 33.4 Å². The molecule has 0 saturated heterocycles. The van der Waals surface area contributed by atoms with E-state index in [1.54, 1.807) is 37.8 Å². The fraction of sp³-hybridized carbons (Fsp3) is 0.0769. The number of fused-ring (bicyclic) bond motifs is 1. The van der Waals surface area contributed by atoms with Crippen LogP contribution in [0.2, 0.25) is 0 Å². The number of anilines is 1. The smallest absolute Gasteiger partial charge is 0.126 e. The normalized spacial score (nSPS) is 10.9. The summed E-state index contributed by atoms with van der Waals surface area (Å²) >= 11 is 0. The first kappa shape index (κ1) is 19.8. The van der Waals surface area contributed by atoms with Gasteiger partial charge in [0, 0.05) is 29.7 Å². The summed E-state index contributed by atoms with van der Waals surface area (Å²) in [6.45, 7) is 2.34. The Morgan fingerprint density at radius 3 is 2.44 bits per heavy atom. The lowest BCUT2D eigenvalue weighted by Crippen LogP contribution is -2.02. The highest BCUT2D eigenvalue weighted by Crippen LogP contribution is 2.34. The summed E-state index contributed by atoms with van der Waals surface area (Å²) in [5.74, 6) is -0.232. The number of hydrogen-bond donors (Lipinski definition) is 1. The van der Waals surface area contributed by atoms with Crippen LogP contribution in [0.5, 0.6) is 0 Å². The Kier molecular flexibility index (Phi) is 5.25. The van der Waals surface area contributed by atoms with E-state index in [0.29, 0.717) is 12.1 Å². The van der Waals surface area contributed by atoms with Gasteiger partial charge in [-0.25, -0.2) is 4.39 Å². The van der Waals surface area contributed by atoms with E-state index in [2.05, 4.69) is 26.3 Å². The van der Waals surface area contributed by atoms with Crippen molar-refractivity contribution in [2.75, 3.05) is 5.32 Å². The molecule has 6 heteroatoms. The first-order valence-corrected chi connectivity index (χ1v) is 10.3. The quantitative estimate of drug-likeness (QED) is 0.388. The summed E-state index contributed by atoms with van der Waals surface area (Å²) in [4.78, 5) is 17.9. The SMILES string of the molecule is Cc1cc(-c2ncc(NCc3ccccn3)cc2-c2ccc3nccnc3c2)ccc1F. The summed E-state index contributed by atoms with van der Waals surface area (Å²) < 4.78 is 13.9. The van der Waals surface area contributed by atoms with Gasteiger partial charge in [-0.1, -0.05) is 12.1 Å². The number of aryl methyl sites for hydroxylation is 1. The number of hydrogen-bond acceptors (Lipinski definition) is 5. The van der Waals surface area contributed by atoms with Crippen molar-refractivity contribution >= 4 is 16.7 Å². The maximum atomic E-state index is 13.9. The molecular formula is C26H20FN5. The van der Waals surface area contributed by atoms with E-state index in [9.17, 15) is 4.39 Å². The van der Waals surface area contributed by atoms with E-state index < -0.39 is 0 Å². The highest BCUT2D eigenvalue weighted by Gasteiger charge is 2.13. The van der Waals surface area contributed by atoms with Gasteiger partial charge in [0.2, 0.25) is 0 Å². The monoisotopic (exact) mass is 421 g/mol. The Labute approximate surface area is 185 Å². The van der Waals surface area contributed by atoms with Crippen LogP contribution in [-0.4, -0.2) is 19.9 Å². The van der Waals surface area contributed by atoms with Gasteiger partial charge in [0.05, 0.1) is 40.9 Å². The van der Waals surface area contributed by atoms with Crippen LogP contribution in [-0.2, 0) is 6.54 Å². The molecule has 1 N–H and O–H groups in total. The third-order valence-corrected chi connectivity index (χ3v) is 5.30.